The van der Waals surface area contributed by atoms with Gasteiger partial charge in [-0.25, -0.2) is 4.98 Å². The number of halogens is 1. The van der Waals surface area contributed by atoms with Crippen molar-refractivity contribution >= 4 is 53.1 Å². The van der Waals surface area contributed by atoms with E-state index in [-0.39, 0.29) is 41.2 Å². The first-order chi connectivity index (χ1) is 16.3. The maximum Gasteiger partial charge on any atom is 0.266 e. The minimum atomic E-state index is -0.385. The highest BCUT2D eigenvalue weighted by Gasteiger charge is 2.19. The molecule has 2 amide bonds. The van der Waals surface area contributed by atoms with Crippen molar-refractivity contribution in [3.63, 3.8) is 0 Å². The largest absolute Gasteiger partial charge is 0.397 e. The van der Waals surface area contributed by atoms with Crippen molar-refractivity contribution in [1.82, 2.24) is 9.38 Å². The van der Waals surface area contributed by atoms with Gasteiger partial charge in [-0.3, -0.25) is 18.8 Å². The molecular formula is C25H23ClN6O3. The van der Waals surface area contributed by atoms with Crippen LogP contribution >= 0.6 is 12.4 Å². The minimum Gasteiger partial charge on any atom is -0.397 e. The Hall–Kier alpha value is -4.50. The van der Waals surface area contributed by atoms with Crippen LogP contribution in [0.4, 0.5) is 17.1 Å². The summed E-state index contributed by atoms with van der Waals surface area (Å²) in [6.45, 7) is 2.84. The molecule has 0 spiro atoms. The highest BCUT2D eigenvalue weighted by molar-refractivity contribution is 5.91. The first kappa shape index (κ1) is 25.1. The molecule has 0 aliphatic rings. The molecule has 35 heavy (non-hydrogen) atoms. The number of rotatable bonds is 5. The Balaban J connectivity index is 0.00000342. The third-order valence-corrected chi connectivity index (χ3v) is 5.17. The maximum atomic E-state index is 13.8. The van der Waals surface area contributed by atoms with Gasteiger partial charge in [0.15, 0.2) is 0 Å². The summed E-state index contributed by atoms with van der Waals surface area (Å²) in [5, 5.41) is 13.2. The number of amides is 2. The molecule has 0 saturated carbocycles. The van der Waals surface area contributed by atoms with Crippen LogP contribution in [0.25, 0.3) is 28.0 Å². The van der Waals surface area contributed by atoms with Crippen LogP contribution in [0.15, 0.2) is 65.5 Å². The number of anilines is 3. The molecule has 4 rings (SSSR count). The second-order valence-corrected chi connectivity index (χ2v) is 7.67. The molecule has 0 aliphatic carbocycles. The van der Waals surface area contributed by atoms with Crippen LogP contribution < -0.4 is 21.9 Å². The molecule has 0 radical (unpaired) electrons. The number of hydrogen-bond acceptors (Lipinski definition) is 6. The van der Waals surface area contributed by atoms with Crippen molar-refractivity contribution in [3.05, 3.63) is 76.7 Å². The van der Waals surface area contributed by atoms with Gasteiger partial charge in [-0.2, -0.15) is 0 Å². The average molecular weight is 491 g/mol. The minimum absolute atomic E-state index is 0. The second kappa shape index (κ2) is 10.2. The fourth-order valence-corrected chi connectivity index (χ4v) is 3.72. The summed E-state index contributed by atoms with van der Waals surface area (Å²) >= 11 is 0. The Morgan fingerprint density at radius 2 is 1.40 bits per heavy atom. The molecule has 0 saturated heterocycles. The number of nitrogens with one attached hydrogen (secondary N) is 3. The quantitative estimate of drug-likeness (QED) is 0.313. The van der Waals surface area contributed by atoms with Crippen LogP contribution in [0, 0.1) is 5.41 Å². The van der Waals surface area contributed by atoms with Gasteiger partial charge in [0.25, 0.3) is 5.56 Å². The zero-order chi connectivity index (χ0) is 24.4. The number of benzene rings is 2. The van der Waals surface area contributed by atoms with E-state index in [1.165, 1.54) is 18.2 Å². The fraction of sp³-hybridized carbons (Fsp3) is 0.0800. The van der Waals surface area contributed by atoms with Crippen LogP contribution in [-0.4, -0.2) is 27.4 Å². The van der Waals surface area contributed by atoms with E-state index in [0.717, 1.165) is 6.21 Å². The molecule has 0 fully saturated rings. The Bertz CT molecular complexity index is 1500. The van der Waals surface area contributed by atoms with Crippen molar-refractivity contribution in [1.29, 1.82) is 5.41 Å². The molecule has 9 nitrogen and oxygen atoms in total. The van der Waals surface area contributed by atoms with Crippen molar-refractivity contribution in [2.45, 2.75) is 13.8 Å². The molecule has 5 N–H and O–H groups in total. The number of carbonyl (C=O) groups excluding carboxylic acids is 2. The highest BCUT2D eigenvalue weighted by atomic mass is 35.5. The molecule has 0 aliphatic heterocycles. The zero-order valence-electron chi connectivity index (χ0n) is 19.0. The van der Waals surface area contributed by atoms with E-state index in [2.05, 4.69) is 10.6 Å². The summed E-state index contributed by atoms with van der Waals surface area (Å²) in [6.07, 6.45) is 1.02. The number of nitrogens with zero attached hydrogens (tertiary/aromatic N) is 2. The maximum absolute atomic E-state index is 13.8. The molecule has 0 unspecified atom stereocenters. The van der Waals surface area contributed by atoms with Crippen LogP contribution in [0.2, 0.25) is 0 Å². The lowest BCUT2D eigenvalue weighted by Gasteiger charge is -2.15. The average Bonchev–Trinajstić information content (AvgIpc) is 2.80. The summed E-state index contributed by atoms with van der Waals surface area (Å²) in [5.74, 6) is -0.391. The Labute approximate surface area is 206 Å². The number of fused-ring (bicyclic) bond motifs is 1. The van der Waals surface area contributed by atoms with E-state index in [1.54, 1.807) is 60.7 Å². The smallest absolute Gasteiger partial charge is 0.266 e. The SMILES string of the molecule is CC(=O)Nc1ccc(-c2nc3ccc(N)c(C=N)n3c(=O)c2-c2ccc(NC(C)=O)cc2)cc1.Cl. The summed E-state index contributed by atoms with van der Waals surface area (Å²) in [5.41, 5.74) is 9.71. The lowest BCUT2D eigenvalue weighted by atomic mass is 9.99. The molecule has 178 valence electrons. The first-order valence-corrected chi connectivity index (χ1v) is 10.4. The van der Waals surface area contributed by atoms with Gasteiger partial charge < -0.3 is 21.8 Å². The van der Waals surface area contributed by atoms with E-state index in [4.69, 9.17) is 16.1 Å². The van der Waals surface area contributed by atoms with Gasteiger partial charge >= 0.3 is 0 Å². The zero-order valence-corrected chi connectivity index (χ0v) is 19.8. The monoisotopic (exact) mass is 490 g/mol. The van der Waals surface area contributed by atoms with E-state index >= 15 is 0 Å². The molecular weight excluding hydrogens is 468 g/mol. The van der Waals surface area contributed by atoms with Crippen LogP contribution in [-0.2, 0) is 9.59 Å². The normalized spacial score (nSPS) is 10.3. The van der Waals surface area contributed by atoms with Gasteiger partial charge in [-0.05, 0) is 42.0 Å². The molecule has 2 aromatic heterocycles. The first-order valence-electron chi connectivity index (χ1n) is 10.4. The Morgan fingerprint density at radius 3 is 1.89 bits per heavy atom. The third kappa shape index (κ3) is 5.04. The van der Waals surface area contributed by atoms with E-state index in [1.807, 2.05) is 0 Å². The van der Waals surface area contributed by atoms with Gasteiger partial charge in [-0.1, -0.05) is 24.3 Å². The topological polar surface area (TPSA) is 142 Å². The predicted octanol–water partition coefficient (Wildman–Crippen LogP) is 3.95. The van der Waals surface area contributed by atoms with E-state index in [9.17, 15) is 14.4 Å². The third-order valence-electron chi connectivity index (χ3n) is 5.17. The summed E-state index contributed by atoms with van der Waals surface area (Å²) in [7, 11) is 0. The summed E-state index contributed by atoms with van der Waals surface area (Å²) in [6, 6.07) is 17.1. The highest BCUT2D eigenvalue weighted by Crippen LogP contribution is 2.30. The van der Waals surface area contributed by atoms with Crippen molar-refractivity contribution in [2.24, 2.45) is 0 Å². The lowest BCUT2D eigenvalue weighted by molar-refractivity contribution is -0.115. The fourth-order valence-electron chi connectivity index (χ4n) is 3.72. The standard InChI is InChI=1S/C25H22N6O3.ClH/c1-14(32)28-18-7-3-16(4-8-18)23-24(17-5-9-19(10-6-17)29-15(2)33)30-22-12-11-20(27)21(13-26)31(22)25(23)34;/h3-13,26H,27H2,1-2H3,(H,28,32)(H,29,33);1H. The number of hydrogen-bond donors (Lipinski definition) is 4. The van der Waals surface area contributed by atoms with Crippen LogP contribution in [0.5, 0.6) is 0 Å². The second-order valence-electron chi connectivity index (χ2n) is 7.67. The van der Waals surface area contributed by atoms with Crippen molar-refractivity contribution in [2.75, 3.05) is 16.4 Å². The number of nitrogens with two attached hydrogens (primary N) is 1. The number of nitrogen functional groups attached to an aromatic ring is 1. The lowest BCUT2D eigenvalue weighted by Crippen LogP contribution is -2.22. The predicted molar refractivity (Wildman–Crippen MR) is 140 cm³/mol. The number of carbonyl (C=O) groups is 2. The number of aromatic nitrogens is 2. The van der Waals surface area contributed by atoms with Gasteiger partial charge in [0.2, 0.25) is 11.8 Å². The number of pyridine rings is 1. The van der Waals surface area contributed by atoms with Gasteiger partial charge in [-0.15, -0.1) is 12.4 Å². The van der Waals surface area contributed by atoms with Crippen molar-refractivity contribution in [3.8, 4) is 22.4 Å². The van der Waals surface area contributed by atoms with Crippen molar-refractivity contribution < 1.29 is 9.59 Å². The van der Waals surface area contributed by atoms with Gasteiger partial charge in [0.05, 0.1) is 22.6 Å². The van der Waals surface area contributed by atoms with E-state index < -0.39 is 0 Å². The Kier molecular flexibility index (Phi) is 7.31. The van der Waals surface area contributed by atoms with E-state index in [0.29, 0.717) is 39.4 Å². The van der Waals surface area contributed by atoms with Gasteiger partial charge in [0, 0.05) is 37.0 Å². The molecule has 4 aromatic rings. The molecule has 10 heteroatoms. The van der Waals surface area contributed by atoms with Crippen LogP contribution in [0.3, 0.4) is 0 Å². The Morgan fingerprint density at radius 1 is 0.886 bits per heavy atom. The van der Waals surface area contributed by atoms with Gasteiger partial charge in [0.1, 0.15) is 5.65 Å². The summed E-state index contributed by atoms with van der Waals surface area (Å²) < 4.78 is 1.31. The summed E-state index contributed by atoms with van der Waals surface area (Å²) in [4.78, 5) is 41.2. The molecule has 0 atom stereocenters. The van der Waals surface area contributed by atoms with Crippen LogP contribution in [0.1, 0.15) is 19.5 Å². The molecule has 0 bridgehead atoms. The molecule has 2 aromatic carbocycles. The molecule has 2 heterocycles.